The molecule has 0 aromatic heterocycles. The van der Waals surface area contributed by atoms with Crippen molar-refractivity contribution in [3.8, 4) is 0 Å². The molecule has 0 radical (unpaired) electrons. The van der Waals surface area contributed by atoms with Crippen molar-refractivity contribution in [2.75, 3.05) is 0 Å². The van der Waals surface area contributed by atoms with Gasteiger partial charge in [0.25, 0.3) is 0 Å². The first-order chi connectivity index (χ1) is 14.8. The first-order valence-electron chi connectivity index (χ1n) is 11.3. The summed E-state index contributed by atoms with van der Waals surface area (Å²) < 4.78 is 0. The summed E-state index contributed by atoms with van der Waals surface area (Å²) in [6, 6.07) is 25.7. The Labute approximate surface area is 189 Å². The van der Waals surface area contributed by atoms with Crippen molar-refractivity contribution in [2.24, 2.45) is 0 Å². The molecule has 1 nitrogen and oxygen atoms in total. The highest BCUT2D eigenvalue weighted by atomic mass is 31.1. The molecule has 0 atom stereocenters. The van der Waals surface area contributed by atoms with Gasteiger partial charge in [-0.1, -0.05) is 114 Å². The highest BCUT2D eigenvalue weighted by Gasteiger charge is 2.21. The van der Waals surface area contributed by atoms with E-state index in [1.807, 2.05) is 12.1 Å². The molecule has 0 fully saturated rings. The first-order valence-corrected chi connectivity index (χ1v) is 12.7. The molecule has 0 amide bonds. The van der Waals surface area contributed by atoms with Crippen LogP contribution in [-0.4, -0.2) is 5.11 Å². The Hall–Kier alpha value is -2.37. The molecular weight excluding hydrogens is 395 g/mol. The van der Waals surface area contributed by atoms with Crippen molar-refractivity contribution in [3.63, 3.8) is 0 Å². The molecular formula is C29H35OP. The molecule has 1 N–H and O–H groups in total. The van der Waals surface area contributed by atoms with E-state index < -0.39 is 7.92 Å². The van der Waals surface area contributed by atoms with Crippen molar-refractivity contribution < 1.29 is 5.11 Å². The smallest absolute Gasteiger partial charge is 0.124 e. The van der Waals surface area contributed by atoms with Gasteiger partial charge in [0.15, 0.2) is 0 Å². The van der Waals surface area contributed by atoms with Gasteiger partial charge in [0, 0.05) is 5.56 Å². The number of rotatable bonds is 7. The fourth-order valence-electron chi connectivity index (χ4n) is 3.91. The van der Waals surface area contributed by atoms with E-state index in [2.05, 4.69) is 108 Å². The Morgan fingerprint density at radius 1 is 0.677 bits per heavy atom. The van der Waals surface area contributed by atoms with E-state index in [-0.39, 0.29) is 0 Å². The van der Waals surface area contributed by atoms with Crippen LogP contribution in [0.1, 0.15) is 81.5 Å². The molecule has 3 rings (SSSR count). The summed E-state index contributed by atoms with van der Waals surface area (Å²) in [5.74, 6) is 3.63. The SMILES string of the molecule is CC(C)c1cc(C(C)C)c(/C(O)=C/P(c2ccccc2)c2ccccc2)c(C(C)C)c1. The van der Waals surface area contributed by atoms with Crippen molar-refractivity contribution in [1.29, 1.82) is 0 Å². The van der Waals surface area contributed by atoms with Crippen molar-refractivity contribution in [1.82, 2.24) is 0 Å². The van der Waals surface area contributed by atoms with Crippen LogP contribution in [0.2, 0.25) is 0 Å². The molecule has 162 valence electrons. The third-order valence-corrected chi connectivity index (χ3v) is 7.92. The quantitative estimate of drug-likeness (QED) is 0.297. The van der Waals surface area contributed by atoms with Crippen LogP contribution in [0, 0.1) is 0 Å². The zero-order valence-corrected chi connectivity index (χ0v) is 20.5. The first kappa shape index (κ1) is 23.3. The Morgan fingerprint density at radius 2 is 1.10 bits per heavy atom. The van der Waals surface area contributed by atoms with Gasteiger partial charge in [-0.15, -0.1) is 0 Å². The Bertz CT molecular complexity index is 949. The number of aliphatic hydroxyl groups excluding tert-OH is 1. The summed E-state index contributed by atoms with van der Waals surface area (Å²) >= 11 is 0. The van der Waals surface area contributed by atoms with Crippen LogP contribution in [0.5, 0.6) is 0 Å². The fourth-order valence-corrected chi connectivity index (χ4v) is 5.87. The lowest BCUT2D eigenvalue weighted by Gasteiger charge is -2.23. The number of aliphatic hydroxyl groups is 1. The summed E-state index contributed by atoms with van der Waals surface area (Å²) in [5, 5.41) is 14.1. The van der Waals surface area contributed by atoms with Gasteiger partial charge in [-0.05, 0) is 58.8 Å². The molecule has 0 saturated carbocycles. The highest BCUT2D eigenvalue weighted by molar-refractivity contribution is 7.76. The van der Waals surface area contributed by atoms with Crippen LogP contribution >= 0.6 is 7.92 Å². The van der Waals surface area contributed by atoms with E-state index >= 15 is 0 Å². The lowest BCUT2D eigenvalue weighted by Crippen LogP contribution is -2.11. The van der Waals surface area contributed by atoms with Gasteiger partial charge in [0.1, 0.15) is 5.76 Å². The second-order valence-electron chi connectivity index (χ2n) is 9.09. The van der Waals surface area contributed by atoms with Crippen LogP contribution in [0.25, 0.3) is 5.76 Å². The lowest BCUT2D eigenvalue weighted by molar-refractivity contribution is 0.509. The monoisotopic (exact) mass is 430 g/mol. The summed E-state index contributed by atoms with van der Waals surface area (Å²) in [6.45, 7) is 13.4. The molecule has 0 aliphatic heterocycles. The van der Waals surface area contributed by atoms with Crippen LogP contribution in [0.3, 0.4) is 0 Å². The van der Waals surface area contributed by atoms with Crippen LogP contribution in [0.15, 0.2) is 78.6 Å². The Kier molecular flexibility index (Phi) is 7.74. The third kappa shape index (κ3) is 5.46. The second kappa shape index (κ2) is 10.3. The van der Waals surface area contributed by atoms with Crippen molar-refractivity contribution in [2.45, 2.75) is 59.3 Å². The van der Waals surface area contributed by atoms with E-state index in [9.17, 15) is 5.11 Å². The third-order valence-electron chi connectivity index (χ3n) is 5.71. The lowest BCUT2D eigenvalue weighted by atomic mass is 9.84. The van der Waals surface area contributed by atoms with E-state index in [1.165, 1.54) is 27.3 Å². The molecule has 2 heteroatoms. The summed E-state index contributed by atoms with van der Waals surface area (Å²) in [7, 11) is -0.809. The van der Waals surface area contributed by atoms with Crippen molar-refractivity contribution >= 4 is 24.3 Å². The predicted molar refractivity (Wildman–Crippen MR) is 138 cm³/mol. The van der Waals surface area contributed by atoms with Gasteiger partial charge in [-0.25, -0.2) is 0 Å². The minimum absolute atomic E-state index is 0.335. The Balaban J connectivity index is 2.22. The Morgan fingerprint density at radius 3 is 1.45 bits per heavy atom. The largest absolute Gasteiger partial charge is 0.507 e. The maximum absolute atomic E-state index is 11.6. The molecule has 0 bridgehead atoms. The van der Waals surface area contributed by atoms with Gasteiger partial charge in [-0.3, -0.25) is 0 Å². The number of hydrogen-bond donors (Lipinski definition) is 1. The van der Waals surface area contributed by atoms with Gasteiger partial charge in [0.2, 0.25) is 0 Å². The highest BCUT2D eigenvalue weighted by Crippen LogP contribution is 2.41. The van der Waals surface area contributed by atoms with E-state index in [0.717, 1.165) is 5.56 Å². The topological polar surface area (TPSA) is 20.2 Å². The molecule has 0 unspecified atom stereocenters. The van der Waals surface area contributed by atoms with Crippen molar-refractivity contribution in [3.05, 3.63) is 101 Å². The van der Waals surface area contributed by atoms with Gasteiger partial charge in [0.05, 0.1) is 0 Å². The molecule has 0 saturated heterocycles. The predicted octanol–water partition coefficient (Wildman–Crippen LogP) is 8.05. The molecule has 3 aromatic rings. The summed E-state index contributed by atoms with van der Waals surface area (Å²) in [6.07, 6.45) is 0. The molecule has 0 spiro atoms. The summed E-state index contributed by atoms with van der Waals surface area (Å²) in [4.78, 5) is 0. The average Bonchev–Trinajstić information content (AvgIpc) is 2.77. The maximum atomic E-state index is 11.6. The molecule has 31 heavy (non-hydrogen) atoms. The van der Waals surface area contributed by atoms with Crippen LogP contribution in [0.4, 0.5) is 0 Å². The zero-order valence-electron chi connectivity index (χ0n) is 19.6. The van der Waals surface area contributed by atoms with E-state index in [0.29, 0.717) is 23.5 Å². The average molecular weight is 431 g/mol. The van der Waals surface area contributed by atoms with Crippen LogP contribution in [-0.2, 0) is 0 Å². The molecule has 3 aromatic carbocycles. The van der Waals surface area contributed by atoms with Gasteiger partial charge < -0.3 is 5.11 Å². The fraction of sp³-hybridized carbons (Fsp3) is 0.310. The number of hydrogen-bond acceptors (Lipinski definition) is 1. The van der Waals surface area contributed by atoms with Crippen LogP contribution < -0.4 is 10.6 Å². The second-order valence-corrected chi connectivity index (χ2v) is 11.1. The molecule has 0 aliphatic carbocycles. The normalized spacial score (nSPS) is 12.4. The molecule has 0 aliphatic rings. The minimum Gasteiger partial charge on any atom is -0.507 e. The molecule has 0 heterocycles. The maximum Gasteiger partial charge on any atom is 0.124 e. The summed E-state index contributed by atoms with van der Waals surface area (Å²) in [5.41, 5.74) is 4.84. The van der Waals surface area contributed by atoms with E-state index in [1.54, 1.807) is 0 Å². The standard InChI is InChI=1S/C29H35OP/c1-20(2)23-17-26(21(3)4)29(27(18-23)22(5)6)28(30)19-31(24-13-9-7-10-14-24)25-15-11-8-12-16-25/h7-22,30H,1-6H3/b28-19-. The van der Waals surface area contributed by atoms with Gasteiger partial charge in [-0.2, -0.15) is 0 Å². The number of benzene rings is 3. The van der Waals surface area contributed by atoms with E-state index in [4.69, 9.17) is 0 Å². The van der Waals surface area contributed by atoms with Gasteiger partial charge >= 0.3 is 0 Å². The minimum atomic E-state index is -0.809. The zero-order chi connectivity index (χ0) is 22.5.